The molecule has 0 unspecified atom stereocenters. The number of hydrogen-bond donors (Lipinski definition) is 1. The van der Waals surface area contributed by atoms with Crippen LogP contribution in [0.1, 0.15) is 13.8 Å². The van der Waals surface area contributed by atoms with Crippen molar-refractivity contribution < 1.29 is 4.39 Å². The van der Waals surface area contributed by atoms with E-state index >= 15 is 0 Å². The summed E-state index contributed by atoms with van der Waals surface area (Å²) in [6.07, 6.45) is 0. The van der Waals surface area contributed by atoms with E-state index in [2.05, 4.69) is 15.5 Å². The number of nitrogens with zero attached hydrogens (tertiary/aromatic N) is 2. The maximum Gasteiger partial charge on any atom is 0.206 e. The Morgan fingerprint density at radius 3 is 2.69 bits per heavy atom. The van der Waals surface area contributed by atoms with Gasteiger partial charge in [0, 0.05) is 12.8 Å². The molecule has 1 aromatic heterocycles. The lowest BCUT2D eigenvalue weighted by molar-refractivity contribution is 0.253. The van der Waals surface area contributed by atoms with Crippen LogP contribution in [0.4, 0.5) is 9.52 Å². The van der Waals surface area contributed by atoms with Crippen molar-refractivity contribution in [2.75, 3.05) is 18.1 Å². The summed E-state index contributed by atoms with van der Waals surface area (Å²) in [6, 6.07) is 0. The smallest absolute Gasteiger partial charge is 0.206 e. The second-order valence-electron chi connectivity index (χ2n) is 3.13. The fourth-order valence-electron chi connectivity index (χ4n) is 0.602. The summed E-state index contributed by atoms with van der Waals surface area (Å²) in [5.41, 5.74) is -1.16. The van der Waals surface area contributed by atoms with Gasteiger partial charge >= 0.3 is 0 Å². The number of anilines is 1. The highest BCUT2D eigenvalue weighted by molar-refractivity contribution is 8.01. The molecule has 0 aromatic carbocycles. The second kappa shape index (κ2) is 4.23. The first-order valence-electron chi connectivity index (χ1n) is 3.84. The van der Waals surface area contributed by atoms with Gasteiger partial charge in [-0.25, -0.2) is 4.39 Å². The summed E-state index contributed by atoms with van der Waals surface area (Å²) in [5.74, 6) is 0.408. The van der Waals surface area contributed by atoms with Crippen molar-refractivity contribution in [3.05, 3.63) is 0 Å². The Kier molecular flexibility index (Phi) is 3.49. The van der Waals surface area contributed by atoms with Crippen molar-refractivity contribution in [2.24, 2.45) is 0 Å². The molecule has 0 saturated carbocycles. The highest BCUT2D eigenvalue weighted by Crippen LogP contribution is 2.28. The van der Waals surface area contributed by atoms with Gasteiger partial charge in [-0.3, -0.25) is 0 Å². The Hall–Kier alpha value is -0.360. The van der Waals surface area contributed by atoms with Crippen molar-refractivity contribution in [2.45, 2.75) is 23.9 Å². The predicted molar refractivity (Wildman–Crippen MR) is 55.4 cm³/mol. The molecule has 0 fully saturated rings. The molecule has 0 bridgehead atoms. The number of hydrogen-bond acceptors (Lipinski definition) is 5. The molecule has 0 spiro atoms. The topological polar surface area (TPSA) is 37.8 Å². The average molecular weight is 221 g/mol. The largest absolute Gasteiger partial charge is 0.363 e. The molecule has 6 heteroatoms. The van der Waals surface area contributed by atoms with E-state index in [0.717, 1.165) is 9.47 Å². The number of rotatable bonds is 4. The summed E-state index contributed by atoms with van der Waals surface area (Å²) in [7, 11) is 1.79. The van der Waals surface area contributed by atoms with E-state index in [1.807, 2.05) is 0 Å². The van der Waals surface area contributed by atoms with Crippen molar-refractivity contribution in [1.29, 1.82) is 0 Å². The molecule has 1 rings (SSSR count). The van der Waals surface area contributed by atoms with Gasteiger partial charge in [0.1, 0.15) is 5.67 Å². The third-order valence-corrected chi connectivity index (χ3v) is 3.66. The molecule has 0 aliphatic carbocycles. The summed E-state index contributed by atoms with van der Waals surface area (Å²) >= 11 is 2.83. The third-order valence-electron chi connectivity index (χ3n) is 1.16. The van der Waals surface area contributed by atoms with Crippen molar-refractivity contribution in [3.63, 3.8) is 0 Å². The molecule has 13 heavy (non-hydrogen) atoms. The minimum absolute atomic E-state index is 0.408. The zero-order valence-electron chi connectivity index (χ0n) is 7.80. The van der Waals surface area contributed by atoms with Crippen LogP contribution in [0.2, 0.25) is 0 Å². The minimum Gasteiger partial charge on any atom is -0.363 e. The van der Waals surface area contributed by atoms with Crippen molar-refractivity contribution >= 4 is 28.2 Å². The molecule has 0 aliphatic heterocycles. The highest BCUT2D eigenvalue weighted by Gasteiger charge is 2.17. The molecule has 0 amide bonds. The molecule has 0 radical (unpaired) electrons. The summed E-state index contributed by atoms with van der Waals surface area (Å²) < 4.78 is 13.9. The first kappa shape index (κ1) is 10.7. The van der Waals surface area contributed by atoms with Crippen molar-refractivity contribution in [3.8, 4) is 0 Å². The van der Waals surface area contributed by atoms with Gasteiger partial charge in [0.15, 0.2) is 4.34 Å². The lowest BCUT2D eigenvalue weighted by Crippen LogP contribution is -2.14. The fraction of sp³-hybridized carbons (Fsp3) is 0.714. The predicted octanol–water partition coefficient (Wildman–Crippen LogP) is 2.42. The van der Waals surface area contributed by atoms with E-state index in [9.17, 15) is 4.39 Å². The van der Waals surface area contributed by atoms with E-state index in [1.165, 1.54) is 23.1 Å². The Bertz CT molecular complexity index is 269. The Morgan fingerprint density at radius 1 is 1.54 bits per heavy atom. The van der Waals surface area contributed by atoms with Crippen LogP contribution in [0.3, 0.4) is 0 Å². The SMILES string of the molecule is CNc1nnc(SCC(C)(C)F)s1. The standard InChI is InChI=1S/C7H12FN3S2/c1-7(2,8)4-12-6-11-10-5(9-3)13-6/h4H2,1-3H3,(H,9,10). The van der Waals surface area contributed by atoms with Gasteiger partial charge in [-0.1, -0.05) is 23.1 Å². The molecule has 1 aromatic rings. The lowest BCUT2D eigenvalue weighted by Gasteiger charge is -2.10. The summed E-state index contributed by atoms with van der Waals surface area (Å²) in [4.78, 5) is 0. The molecule has 0 atom stereocenters. The van der Waals surface area contributed by atoms with E-state index in [1.54, 1.807) is 20.9 Å². The Labute approximate surface area is 85.1 Å². The van der Waals surface area contributed by atoms with Crippen LogP contribution in [0, 0.1) is 0 Å². The average Bonchev–Trinajstić information content (AvgIpc) is 2.47. The fourth-order valence-corrected chi connectivity index (χ4v) is 2.25. The van der Waals surface area contributed by atoms with Crippen LogP contribution in [-0.4, -0.2) is 28.7 Å². The van der Waals surface area contributed by atoms with Crippen LogP contribution in [0.25, 0.3) is 0 Å². The molecule has 0 saturated heterocycles. The maximum atomic E-state index is 13.1. The van der Waals surface area contributed by atoms with E-state index in [-0.39, 0.29) is 0 Å². The van der Waals surface area contributed by atoms with Gasteiger partial charge < -0.3 is 5.32 Å². The molecular weight excluding hydrogens is 209 g/mol. The van der Waals surface area contributed by atoms with Gasteiger partial charge in [-0.05, 0) is 13.8 Å². The van der Waals surface area contributed by atoms with Crippen LogP contribution >= 0.6 is 23.1 Å². The number of aromatic nitrogens is 2. The van der Waals surface area contributed by atoms with Crippen LogP contribution in [0.5, 0.6) is 0 Å². The monoisotopic (exact) mass is 221 g/mol. The first-order valence-corrected chi connectivity index (χ1v) is 5.64. The van der Waals surface area contributed by atoms with Crippen molar-refractivity contribution in [1.82, 2.24) is 10.2 Å². The molecule has 1 heterocycles. The van der Waals surface area contributed by atoms with E-state index < -0.39 is 5.67 Å². The highest BCUT2D eigenvalue weighted by atomic mass is 32.2. The molecule has 1 N–H and O–H groups in total. The normalized spacial score (nSPS) is 11.7. The molecule has 3 nitrogen and oxygen atoms in total. The quantitative estimate of drug-likeness (QED) is 0.792. The first-order chi connectivity index (χ1) is 6.01. The zero-order chi connectivity index (χ0) is 9.90. The maximum absolute atomic E-state index is 13.1. The van der Waals surface area contributed by atoms with Crippen LogP contribution in [-0.2, 0) is 0 Å². The number of alkyl halides is 1. The van der Waals surface area contributed by atoms with E-state index in [4.69, 9.17) is 0 Å². The Morgan fingerprint density at radius 2 is 2.23 bits per heavy atom. The number of nitrogens with one attached hydrogen (secondary N) is 1. The third kappa shape index (κ3) is 3.91. The minimum atomic E-state index is -1.16. The van der Waals surface area contributed by atoms with Crippen LogP contribution in [0.15, 0.2) is 4.34 Å². The number of thioether (sulfide) groups is 1. The van der Waals surface area contributed by atoms with Crippen LogP contribution < -0.4 is 5.32 Å². The lowest BCUT2D eigenvalue weighted by atomic mass is 10.2. The summed E-state index contributed by atoms with van der Waals surface area (Å²) in [5, 5.41) is 11.4. The Balaban J connectivity index is 2.46. The van der Waals surface area contributed by atoms with Gasteiger partial charge in [0.05, 0.1) is 0 Å². The molecule has 0 aliphatic rings. The number of halogens is 1. The summed E-state index contributed by atoms with van der Waals surface area (Å²) in [6.45, 7) is 3.11. The van der Waals surface area contributed by atoms with Gasteiger partial charge in [0.25, 0.3) is 0 Å². The molecular formula is C7H12FN3S2. The van der Waals surface area contributed by atoms with Gasteiger partial charge in [-0.15, -0.1) is 10.2 Å². The van der Waals surface area contributed by atoms with Gasteiger partial charge in [-0.2, -0.15) is 0 Å². The van der Waals surface area contributed by atoms with E-state index in [0.29, 0.717) is 5.75 Å². The second-order valence-corrected chi connectivity index (χ2v) is 5.33. The molecule has 74 valence electrons. The van der Waals surface area contributed by atoms with Gasteiger partial charge in [0.2, 0.25) is 5.13 Å². The zero-order valence-corrected chi connectivity index (χ0v) is 9.43.